The Hall–Kier alpha value is -3.57. The topological polar surface area (TPSA) is 69.7 Å². The Kier molecular flexibility index (Phi) is 8.67. The summed E-state index contributed by atoms with van der Waals surface area (Å²) in [6.45, 7) is 2.14. The average Bonchev–Trinajstić information content (AvgIpc) is 3.52. The predicted octanol–water partition coefficient (Wildman–Crippen LogP) is 7.20. The van der Waals surface area contributed by atoms with Gasteiger partial charge in [-0.2, -0.15) is 13.2 Å². The second kappa shape index (κ2) is 12.1. The van der Waals surface area contributed by atoms with E-state index in [1.807, 2.05) is 18.2 Å². The van der Waals surface area contributed by atoms with Gasteiger partial charge in [0.15, 0.2) is 5.13 Å². The van der Waals surface area contributed by atoms with Crippen LogP contribution in [-0.4, -0.2) is 30.8 Å². The average molecular weight is 549 g/mol. The fraction of sp³-hybridized carbons (Fsp3) is 0.231. The minimum absolute atomic E-state index is 0.0421. The number of esters is 1. The van der Waals surface area contributed by atoms with E-state index in [-0.39, 0.29) is 37.0 Å². The van der Waals surface area contributed by atoms with Gasteiger partial charge in [-0.3, -0.25) is 4.79 Å². The maximum absolute atomic E-state index is 13.7. The number of thiazole rings is 1. The minimum atomic E-state index is -4.60. The lowest BCUT2D eigenvalue weighted by Crippen LogP contribution is -2.13. The van der Waals surface area contributed by atoms with Crippen molar-refractivity contribution in [2.24, 2.45) is 0 Å². The Morgan fingerprint density at radius 2 is 1.81 bits per heavy atom. The Morgan fingerprint density at radius 1 is 1.03 bits per heavy atom. The van der Waals surface area contributed by atoms with E-state index in [2.05, 4.69) is 10.3 Å². The highest BCUT2D eigenvalue weighted by atomic mass is 32.1. The molecule has 2 aromatic carbocycles. The molecule has 0 bridgehead atoms. The van der Waals surface area contributed by atoms with Gasteiger partial charge in [-0.15, -0.1) is 22.7 Å². The lowest BCUT2D eigenvalue weighted by atomic mass is 10.1. The number of nitrogens with zero attached hydrogens (tertiary/aromatic N) is 1. The number of halogens is 3. The van der Waals surface area contributed by atoms with Crippen LogP contribution < -0.4 is 14.8 Å². The zero-order valence-electron chi connectivity index (χ0n) is 19.7. The number of benzene rings is 2. The highest BCUT2D eigenvalue weighted by Gasteiger charge is 2.35. The molecule has 37 heavy (non-hydrogen) atoms. The molecule has 0 atom stereocenters. The van der Waals surface area contributed by atoms with Gasteiger partial charge in [-0.1, -0.05) is 18.2 Å². The van der Waals surface area contributed by atoms with Crippen molar-refractivity contribution in [1.29, 1.82) is 0 Å². The van der Waals surface area contributed by atoms with Crippen LogP contribution in [0.3, 0.4) is 0 Å². The van der Waals surface area contributed by atoms with E-state index in [1.54, 1.807) is 36.6 Å². The van der Waals surface area contributed by atoms with E-state index in [9.17, 15) is 18.0 Å². The van der Waals surface area contributed by atoms with Crippen LogP contribution in [0, 0.1) is 0 Å². The third kappa shape index (κ3) is 7.46. The molecule has 0 aliphatic rings. The first kappa shape index (κ1) is 26.5. The van der Waals surface area contributed by atoms with Crippen LogP contribution in [0.1, 0.15) is 17.4 Å². The maximum atomic E-state index is 13.7. The number of anilines is 2. The molecule has 0 radical (unpaired) electrons. The van der Waals surface area contributed by atoms with E-state index in [4.69, 9.17) is 14.2 Å². The largest absolute Gasteiger partial charge is 0.490 e. The summed E-state index contributed by atoms with van der Waals surface area (Å²) in [6, 6.07) is 16.4. The summed E-state index contributed by atoms with van der Waals surface area (Å²) >= 11 is 2.68. The lowest BCUT2D eigenvalue weighted by molar-refractivity contribution is -0.142. The number of thiophene rings is 1. The molecule has 0 saturated heterocycles. The molecule has 4 aromatic rings. The SMILES string of the molecule is CCOC(=O)Cc1ccc(-c2csc(Nc3ccc(OCCOc4ccccc4)c(C(F)(F)F)c3)n2)s1. The molecule has 0 saturated carbocycles. The van der Waals surface area contributed by atoms with Gasteiger partial charge in [0, 0.05) is 15.9 Å². The Balaban J connectivity index is 1.40. The van der Waals surface area contributed by atoms with E-state index < -0.39 is 11.7 Å². The van der Waals surface area contributed by atoms with Gasteiger partial charge in [0.05, 0.1) is 29.2 Å². The Bertz CT molecular complexity index is 1320. The molecule has 0 aliphatic heterocycles. The highest BCUT2D eigenvalue weighted by molar-refractivity contribution is 7.17. The number of rotatable bonds is 11. The van der Waals surface area contributed by atoms with Gasteiger partial charge in [0.2, 0.25) is 0 Å². The van der Waals surface area contributed by atoms with Gasteiger partial charge in [-0.25, -0.2) is 4.98 Å². The Morgan fingerprint density at radius 3 is 2.57 bits per heavy atom. The van der Waals surface area contributed by atoms with Crippen LogP contribution in [0.15, 0.2) is 66.0 Å². The Labute approximate surface area is 219 Å². The van der Waals surface area contributed by atoms with Gasteiger partial charge in [0.1, 0.15) is 24.7 Å². The number of ether oxygens (including phenoxy) is 3. The second-order valence-corrected chi connectivity index (χ2v) is 9.66. The molecular weight excluding hydrogens is 525 g/mol. The first-order valence-corrected chi connectivity index (χ1v) is 13.0. The van der Waals surface area contributed by atoms with Crippen LogP contribution in [0.5, 0.6) is 11.5 Å². The highest BCUT2D eigenvalue weighted by Crippen LogP contribution is 2.39. The monoisotopic (exact) mass is 548 g/mol. The van der Waals surface area contributed by atoms with Crippen molar-refractivity contribution in [3.05, 3.63) is 76.5 Å². The molecule has 1 N–H and O–H groups in total. The molecule has 2 heterocycles. The van der Waals surface area contributed by atoms with Crippen LogP contribution >= 0.6 is 22.7 Å². The summed E-state index contributed by atoms with van der Waals surface area (Å²) in [5.41, 5.74) is 0.00756. The third-order valence-corrected chi connectivity index (χ3v) is 6.80. The van der Waals surface area contributed by atoms with Gasteiger partial charge in [-0.05, 0) is 49.4 Å². The van der Waals surface area contributed by atoms with Gasteiger partial charge in [0.25, 0.3) is 0 Å². The summed E-state index contributed by atoms with van der Waals surface area (Å²) in [6.07, 6.45) is -4.42. The summed E-state index contributed by atoms with van der Waals surface area (Å²) in [7, 11) is 0. The summed E-state index contributed by atoms with van der Waals surface area (Å²) in [4.78, 5) is 17.9. The number of hydrogen-bond donors (Lipinski definition) is 1. The number of nitrogens with one attached hydrogen (secondary N) is 1. The van der Waals surface area contributed by atoms with Crippen LogP contribution in [0.2, 0.25) is 0 Å². The molecule has 0 fully saturated rings. The van der Waals surface area contributed by atoms with Crippen molar-refractivity contribution in [1.82, 2.24) is 4.98 Å². The number of carbonyl (C=O) groups is 1. The number of hydrogen-bond acceptors (Lipinski definition) is 8. The molecule has 0 spiro atoms. The summed E-state index contributed by atoms with van der Waals surface area (Å²) in [5, 5.41) is 5.18. The molecule has 6 nitrogen and oxygen atoms in total. The minimum Gasteiger partial charge on any atom is -0.490 e. The van der Waals surface area contributed by atoms with Crippen molar-refractivity contribution in [2.45, 2.75) is 19.5 Å². The lowest BCUT2D eigenvalue weighted by Gasteiger charge is -2.16. The number of para-hydroxylation sites is 1. The second-order valence-electron chi connectivity index (χ2n) is 7.63. The molecule has 0 unspecified atom stereocenters. The molecular formula is C26H23F3N2O4S2. The van der Waals surface area contributed by atoms with E-state index >= 15 is 0 Å². The molecule has 2 aromatic heterocycles. The normalized spacial score (nSPS) is 11.2. The number of carbonyl (C=O) groups excluding carboxylic acids is 1. The zero-order chi connectivity index (χ0) is 26.3. The van der Waals surface area contributed by atoms with Gasteiger partial charge >= 0.3 is 12.1 Å². The number of aromatic nitrogens is 1. The molecule has 4 rings (SSSR count). The zero-order valence-corrected chi connectivity index (χ0v) is 21.3. The van der Waals surface area contributed by atoms with E-state index in [0.717, 1.165) is 15.8 Å². The molecule has 194 valence electrons. The van der Waals surface area contributed by atoms with Crippen molar-refractivity contribution < 1.29 is 32.2 Å². The summed E-state index contributed by atoms with van der Waals surface area (Å²) in [5.74, 6) is 0.0395. The van der Waals surface area contributed by atoms with E-state index in [1.165, 1.54) is 34.8 Å². The smallest absolute Gasteiger partial charge is 0.420 e. The molecule has 0 aliphatic carbocycles. The van der Waals surface area contributed by atoms with Crippen LogP contribution in [-0.2, 0) is 22.1 Å². The first-order chi connectivity index (χ1) is 17.8. The standard InChI is InChI=1S/C26H23F3N2O4S2/c1-2-33-24(32)15-19-9-11-23(37-19)21-16-36-25(31-21)30-17-8-10-22(20(14-17)26(27,28)29)35-13-12-34-18-6-4-3-5-7-18/h3-11,14,16H,2,12-13,15H2,1H3,(H,30,31). The van der Waals surface area contributed by atoms with Crippen molar-refractivity contribution in [3.8, 4) is 22.1 Å². The first-order valence-electron chi connectivity index (χ1n) is 11.3. The van der Waals surface area contributed by atoms with Crippen LogP contribution in [0.25, 0.3) is 10.6 Å². The van der Waals surface area contributed by atoms with Crippen molar-refractivity contribution in [2.75, 3.05) is 25.1 Å². The maximum Gasteiger partial charge on any atom is 0.420 e. The molecule has 11 heteroatoms. The predicted molar refractivity (Wildman–Crippen MR) is 138 cm³/mol. The third-order valence-electron chi connectivity index (χ3n) is 4.93. The van der Waals surface area contributed by atoms with Crippen molar-refractivity contribution >= 4 is 39.5 Å². The van der Waals surface area contributed by atoms with Gasteiger partial charge < -0.3 is 19.5 Å². The number of alkyl halides is 3. The van der Waals surface area contributed by atoms with E-state index in [0.29, 0.717) is 23.2 Å². The van der Waals surface area contributed by atoms with Crippen molar-refractivity contribution in [3.63, 3.8) is 0 Å². The quantitative estimate of drug-likeness (QED) is 0.158. The fourth-order valence-corrected chi connectivity index (χ4v) is 5.07. The molecule has 0 amide bonds. The van der Waals surface area contributed by atoms with Crippen LogP contribution in [0.4, 0.5) is 24.0 Å². The summed E-state index contributed by atoms with van der Waals surface area (Å²) < 4.78 is 57.0. The fourth-order valence-electron chi connectivity index (χ4n) is 3.32.